The fourth-order valence-corrected chi connectivity index (χ4v) is 1.62. The lowest BCUT2D eigenvalue weighted by molar-refractivity contribution is 0.245. The second kappa shape index (κ2) is 3.79. The second-order valence-electron chi connectivity index (χ2n) is 3.32. The summed E-state index contributed by atoms with van der Waals surface area (Å²) in [5.41, 5.74) is 0.342. The van der Waals surface area contributed by atoms with Gasteiger partial charge in [0, 0.05) is 5.41 Å². The number of rotatable bonds is 0. The monoisotopic (exact) mass is 166 g/mol. The average Bonchev–Trinajstić information content (AvgIpc) is 2.49. The van der Waals surface area contributed by atoms with Crippen LogP contribution in [0.2, 0.25) is 0 Å². The van der Waals surface area contributed by atoms with Gasteiger partial charge in [0.05, 0.1) is 6.61 Å². The van der Waals surface area contributed by atoms with Crippen LogP contribution in [-0.4, -0.2) is 6.61 Å². The molecule has 2 aliphatic rings. The van der Waals surface area contributed by atoms with Gasteiger partial charge in [-0.15, -0.1) is 0 Å². The molecule has 1 atom stereocenters. The molecule has 0 aromatic heterocycles. The number of hydrogen-bond acceptors (Lipinski definition) is 1. The van der Waals surface area contributed by atoms with Crippen LogP contribution in [0.5, 0.6) is 0 Å². The first-order valence-corrected chi connectivity index (χ1v) is 4.81. The molecular weight excluding hydrogens is 148 g/mol. The molecule has 1 fully saturated rings. The summed E-state index contributed by atoms with van der Waals surface area (Å²) in [6.45, 7) is 7.18. The van der Waals surface area contributed by atoms with E-state index in [9.17, 15) is 0 Å². The lowest BCUT2D eigenvalue weighted by Gasteiger charge is -2.23. The van der Waals surface area contributed by atoms with Gasteiger partial charge in [-0.05, 0) is 18.9 Å². The summed E-state index contributed by atoms with van der Waals surface area (Å²) >= 11 is 0. The van der Waals surface area contributed by atoms with Gasteiger partial charge < -0.3 is 4.74 Å². The average molecular weight is 166 g/mol. The van der Waals surface area contributed by atoms with E-state index >= 15 is 0 Å². The van der Waals surface area contributed by atoms with Crippen LogP contribution in [0.15, 0.2) is 24.0 Å². The molecule has 68 valence electrons. The van der Waals surface area contributed by atoms with Gasteiger partial charge in [-0.25, -0.2) is 0 Å². The Balaban J connectivity index is 0.000000336. The van der Waals surface area contributed by atoms with Crippen molar-refractivity contribution in [1.29, 1.82) is 0 Å². The minimum absolute atomic E-state index is 0.342. The Kier molecular flexibility index (Phi) is 2.96. The highest BCUT2D eigenvalue weighted by Crippen LogP contribution is 2.42. The number of fused-ring (bicyclic) bond motifs is 1. The summed E-state index contributed by atoms with van der Waals surface area (Å²) in [5, 5.41) is 0. The normalized spacial score (nSPS) is 31.1. The Morgan fingerprint density at radius 2 is 2.17 bits per heavy atom. The molecule has 1 heterocycles. The van der Waals surface area contributed by atoms with Crippen LogP contribution >= 0.6 is 0 Å². The first-order chi connectivity index (χ1) is 5.81. The molecule has 1 heteroatoms. The van der Waals surface area contributed by atoms with Crippen molar-refractivity contribution >= 4 is 0 Å². The molecule has 0 saturated carbocycles. The van der Waals surface area contributed by atoms with Crippen molar-refractivity contribution in [2.75, 3.05) is 6.61 Å². The van der Waals surface area contributed by atoms with E-state index in [-0.39, 0.29) is 0 Å². The summed E-state index contributed by atoms with van der Waals surface area (Å²) in [7, 11) is 0. The lowest BCUT2D eigenvalue weighted by atomic mass is 9.81. The van der Waals surface area contributed by atoms with E-state index < -0.39 is 0 Å². The number of allylic oxidation sites excluding steroid dienone is 4. The summed E-state index contributed by atoms with van der Waals surface area (Å²) < 4.78 is 5.47. The zero-order valence-electron chi connectivity index (χ0n) is 8.26. The lowest BCUT2D eigenvalue weighted by Crippen LogP contribution is -2.14. The van der Waals surface area contributed by atoms with Crippen molar-refractivity contribution in [1.82, 2.24) is 0 Å². The zero-order chi connectivity index (χ0) is 9.03. The molecule has 0 amide bonds. The highest BCUT2D eigenvalue weighted by atomic mass is 16.5. The van der Waals surface area contributed by atoms with E-state index in [2.05, 4.69) is 25.2 Å². The maximum Gasteiger partial charge on any atom is 0.102 e. The maximum absolute atomic E-state index is 5.47. The van der Waals surface area contributed by atoms with Crippen molar-refractivity contribution in [2.45, 2.75) is 33.6 Å². The number of hydrogen-bond donors (Lipinski definition) is 0. The SMILES string of the molecule is CC.CC12CC=CC=C1OCC2. The number of ether oxygens (including phenoxy) is 1. The van der Waals surface area contributed by atoms with E-state index in [1.54, 1.807) is 0 Å². The molecular formula is C11H18O. The van der Waals surface area contributed by atoms with Gasteiger partial charge >= 0.3 is 0 Å². The van der Waals surface area contributed by atoms with E-state index in [1.165, 1.54) is 12.2 Å². The van der Waals surface area contributed by atoms with Crippen LogP contribution in [0.1, 0.15) is 33.6 Å². The van der Waals surface area contributed by atoms with Gasteiger partial charge in [0.15, 0.2) is 0 Å². The Bertz CT molecular complexity index is 203. The quantitative estimate of drug-likeness (QED) is 0.536. The van der Waals surface area contributed by atoms with E-state index in [0.29, 0.717) is 5.41 Å². The highest BCUT2D eigenvalue weighted by Gasteiger charge is 2.35. The van der Waals surface area contributed by atoms with E-state index in [0.717, 1.165) is 13.0 Å². The minimum atomic E-state index is 0.342. The molecule has 0 N–H and O–H groups in total. The summed E-state index contributed by atoms with van der Waals surface area (Å²) in [6, 6.07) is 0. The standard InChI is InChI=1S/C9H12O.C2H6/c1-9-5-3-2-4-8(9)10-7-6-9;1-2/h2-4H,5-7H2,1H3;1-2H3. The van der Waals surface area contributed by atoms with Gasteiger partial charge in [-0.1, -0.05) is 32.9 Å². The predicted molar refractivity (Wildman–Crippen MR) is 51.9 cm³/mol. The summed E-state index contributed by atoms with van der Waals surface area (Å²) in [4.78, 5) is 0. The summed E-state index contributed by atoms with van der Waals surface area (Å²) in [5.74, 6) is 1.19. The third-order valence-corrected chi connectivity index (χ3v) is 2.46. The topological polar surface area (TPSA) is 9.23 Å². The largest absolute Gasteiger partial charge is 0.497 e. The zero-order valence-corrected chi connectivity index (χ0v) is 8.26. The van der Waals surface area contributed by atoms with Crippen LogP contribution in [-0.2, 0) is 4.74 Å². The second-order valence-corrected chi connectivity index (χ2v) is 3.32. The smallest absolute Gasteiger partial charge is 0.102 e. The van der Waals surface area contributed by atoms with Crippen LogP contribution in [0, 0.1) is 5.41 Å². The molecule has 0 aromatic carbocycles. The molecule has 0 bridgehead atoms. The first-order valence-electron chi connectivity index (χ1n) is 4.81. The molecule has 1 nitrogen and oxygen atoms in total. The third-order valence-electron chi connectivity index (χ3n) is 2.46. The van der Waals surface area contributed by atoms with Gasteiger partial charge in [-0.3, -0.25) is 0 Å². The van der Waals surface area contributed by atoms with Gasteiger partial charge in [0.1, 0.15) is 5.76 Å². The van der Waals surface area contributed by atoms with E-state index in [4.69, 9.17) is 4.74 Å². The van der Waals surface area contributed by atoms with Crippen LogP contribution in [0.3, 0.4) is 0 Å². The molecule has 1 aliphatic heterocycles. The fourth-order valence-electron chi connectivity index (χ4n) is 1.62. The van der Waals surface area contributed by atoms with Crippen molar-refractivity contribution in [3.8, 4) is 0 Å². The first kappa shape index (κ1) is 9.37. The van der Waals surface area contributed by atoms with Crippen LogP contribution in [0.4, 0.5) is 0 Å². The van der Waals surface area contributed by atoms with Crippen molar-refractivity contribution in [3.63, 3.8) is 0 Å². The molecule has 1 saturated heterocycles. The molecule has 1 aliphatic carbocycles. The summed E-state index contributed by atoms with van der Waals surface area (Å²) in [6.07, 6.45) is 8.74. The molecule has 0 aromatic rings. The van der Waals surface area contributed by atoms with Crippen molar-refractivity contribution in [2.24, 2.45) is 5.41 Å². The van der Waals surface area contributed by atoms with Crippen LogP contribution < -0.4 is 0 Å². The van der Waals surface area contributed by atoms with E-state index in [1.807, 2.05) is 13.8 Å². The van der Waals surface area contributed by atoms with Gasteiger partial charge in [0.2, 0.25) is 0 Å². The molecule has 12 heavy (non-hydrogen) atoms. The molecule has 2 rings (SSSR count). The highest BCUT2D eigenvalue weighted by molar-refractivity contribution is 5.23. The third kappa shape index (κ3) is 1.55. The fraction of sp³-hybridized carbons (Fsp3) is 0.636. The molecule has 0 radical (unpaired) electrons. The maximum atomic E-state index is 5.47. The molecule has 1 unspecified atom stereocenters. The molecule has 0 spiro atoms. The minimum Gasteiger partial charge on any atom is -0.497 e. The predicted octanol–water partition coefficient (Wildman–Crippen LogP) is 3.28. The Hall–Kier alpha value is -0.720. The van der Waals surface area contributed by atoms with Crippen molar-refractivity contribution < 1.29 is 4.74 Å². The van der Waals surface area contributed by atoms with Gasteiger partial charge in [-0.2, -0.15) is 0 Å². The Morgan fingerprint density at radius 3 is 2.83 bits per heavy atom. The Labute approximate surface area is 75.1 Å². The van der Waals surface area contributed by atoms with Gasteiger partial charge in [0.25, 0.3) is 0 Å². The van der Waals surface area contributed by atoms with Crippen LogP contribution in [0.25, 0.3) is 0 Å². The van der Waals surface area contributed by atoms with Crippen molar-refractivity contribution in [3.05, 3.63) is 24.0 Å². The Morgan fingerprint density at radius 1 is 1.42 bits per heavy atom.